The third kappa shape index (κ3) is 3.89. The lowest BCUT2D eigenvalue weighted by molar-refractivity contribution is 0.415. The molecule has 0 spiro atoms. The van der Waals surface area contributed by atoms with Gasteiger partial charge in [-0.3, -0.25) is 9.78 Å². The van der Waals surface area contributed by atoms with E-state index in [9.17, 15) is 10.1 Å². The van der Waals surface area contributed by atoms with Crippen LogP contribution >= 0.6 is 0 Å². The van der Waals surface area contributed by atoms with Crippen molar-refractivity contribution in [3.63, 3.8) is 0 Å². The van der Waals surface area contributed by atoms with Gasteiger partial charge in [0.25, 0.3) is 5.56 Å². The molecule has 3 rings (SSSR count). The fourth-order valence-electron chi connectivity index (χ4n) is 2.51. The Bertz CT molecular complexity index is 955. The molecule has 0 aliphatic heterocycles. The molecule has 132 valence electrons. The van der Waals surface area contributed by atoms with Crippen molar-refractivity contribution in [2.45, 2.75) is 13.0 Å². The number of methoxy groups -OCH3 is 1. The Morgan fingerprint density at radius 2 is 2.15 bits per heavy atom. The van der Waals surface area contributed by atoms with E-state index < -0.39 is 5.56 Å². The first-order valence-corrected chi connectivity index (χ1v) is 8.09. The number of nitrogens with one attached hydrogen (secondary N) is 2. The van der Waals surface area contributed by atoms with E-state index >= 15 is 0 Å². The zero-order chi connectivity index (χ0) is 18.4. The second kappa shape index (κ2) is 7.98. The zero-order valence-electron chi connectivity index (χ0n) is 14.3. The van der Waals surface area contributed by atoms with Crippen molar-refractivity contribution in [3.8, 4) is 23.1 Å². The van der Waals surface area contributed by atoms with Crippen LogP contribution in [0.5, 0.6) is 5.75 Å². The van der Waals surface area contributed by atoms with Crippen LogP contribution in [0.2, 0.25) is 0 Å². The SMILES string of the molecule is COc1ccc(-c2nc(NCCCn3ccnc3)[nH]c(=O)c2C#N)cc1. The Morgan fingerprint density at radius 1 is 1.35 bits per heavy atom. The van der Waals surface area contributed by atoms with E-state index in [-0.39, 0.29) is 5.56 Å². The summed E-state index contributed by atoms with van der Waals surface area (Å²) in [5, 5.41) is 12.4. The van der Waals surface area contributed by atoms with Crippen molar-refractivity contribution >= 4 is 5.95 Å². The fraction of sp³-hybridized carbons (Fsp3) is 0.222. The molecular weight excluding hydrogens is 332 g/mol. The monoisotopic (exact) mass is 350 g/mol. The van der Waals surface area contributed by atoms with Gasteiger partial charge in [-0.25, -0.2) is 9.97 Å². The Balaban J connectivity index is 1.77. The average molecular weight is 350 g/mol. The van der Waals surface area contributed by atoms with E-state index in [4.69, 9.17) is 4.74 Å². The molecule has 2 N–H and O–H groups in total. The average Bonchev–Trinajstić information content (AvgIpc) is 3.18. The van der Waals surface area contributed by atoms with E-state index in [1.807, 2.05) is 16.8 Å². The maximum atomic E-state index is 12.2. The first kappa shape index (κ1) is 17.2. The second-order valence-electron chi connectivity index (χ2n) is 5.56. The standard InChI is InChI=1S/C18H18N6O2/c1-26-14-5-3-13(4-6-14)16-15(11-19)17(25)23-18(22-16)21-7-2-9-24-10-8-20-12-24/h3-6,8,10,12H,2,7,9H2,1H3,(H2,21,22,23,25). The van der Waals surface area contributed by atoms with E-state index in [1.54, 1.807) is 43.9 Å². The number of hydrogen-bond acceptors (Lipinski definition) is 6. The topological polar surface area (TPSA) is 109 Å². The molecule has 0 aliphatic rings. The Hall–Kier alpha value is -3.60. The number of ether oxygens (including phenoxy) is 1. The van der Waals surface area contributed by atoms with Crippen molar-refractivity contribution < 1.29 is 4.74 Å². The van der Waals surface area contributed by atoms with Crippen molar-refractivity contribution in [1.82, 2.24) is 19.5 Å². The van der Waals surface area contributed by atoms with Crippen LogP contribution in [0.15, 0.2) is 47.8 Å². The molecule has 0 fully saturated rings. The zero-order valence-corrected chi connectivity index (χ0v) is 14.3. The maximum Gasteiger partial charge on any atom is 0.270 e. The molecule has 2 heterocycles. The molecule has 8 heteroatoms. The van der Waals surface area contributed by atoms with Crippen LogP contribution in [0.1, 0.15) is 12.0 Å². The highest BCUT2D eigenvalue weighted by Gasteiger charge is 2.13. The summed E-state index contributed by atoms with van der Waals surface area (Å²) in [6.07, 6.45) is 6.21. The van der Waals surface area contributed by atoms with Crippen molar-refractivity contribution in [2.24, 2.45) is 0 Å². The minimum absolute atomic E-state index is 0.0147. The van der Waals surface area contributed by atoms with E-state index in [0.717, 1.165) is 13.0 Å². The number of aryl methyl sites for hydroxylation is 1. The lowest BCUT2D eigenvalue weighted by Gasteiger charge is -2.09. The number of imidazole rings is 1. The van der Waals surface area contributed by atoms with Gasteiger partial charge in [-0.2, -0.15) is 5.26 Å². The number of benzene rings is 1. The van der Waals surface area contributed by atoms with E-state index in [2.05, 4.69) is 20.3 Å². The minimum atomic E-state index is -0.467. The van der Waals surface area contributed by atoms with E-state index in [1.165, 1.54) is 0 Å². The quantitative estimate of drug-likeness (QED) is 0.631. The molecule has 26 heavy (non-hydrogen) atoms. The summed E-state index contributed by atoms with van der Waals surface area (Å²) in [6.45, 7) is 1.42. The van der Waals surface area contributed by atoms with Crippen LogP contribution in [0.3, 0.4) is 0 Å². The van der Waals surface area contributed by atoms with Crippen LogP contribution in [0.25, 0.3) is 11.3 Å². The van der Waals surface area contributed by atoms with Gasteiger partial charge in [0.1, 0.15) is 17.4 Å². The summed E-state index contributed by atoms with van der Waals surface area (Å²) < 4.78 is 7.10. The maximum absolute atomic E-state index is 12.2. The number of H-pyrrole nitrogens is 1. The van der Waals surface area contributed by atoms with Crippen molar-refractivity contribution in [1.29, 1.82) is 5.26 Å². The predicted molar refractivity (Wildman–Crippen MR) is 96.9 cm³/mol. The normalized spacial score (nSPS) is 10.3. The van der Waals surface area contributed by atoms with Crippen LogP contribution in [-0.2, 0) is 6.54 Å². The summed E-state index contributed by atoms with van der Waals surface area (Å²) in [4.78, 5) is 23.2. The molecule has 0 amide bonds. The number of rotatable bonds is 7. The van der Waals surface area contributed by atoms with Gasteiger partial charge in [-0.1, -0.05) is 0 Å². The number of hydrogen-bond donors (Lipinski definition) is 2. The van der Waals surface area contributed by atoms with Gasteiger partial charge in [-0.15, -0.1) is 0 Å². The smallest absolute Gasteiger partial charge is 0.270 e. The summed E-state index contributed by atoms with van der Waals surface area (Å²) in [7, 11) is 1.58. The third-order valence-corrected chi connectivity index (χ3v) is 3.84. The molecule has 8 nitrogen and oxygen atoms in total. The molecule has 3 aromatic rings. The molecule has 2 aromatic heterocycles. The number of aromatic amines is 1. The van der Waals surface area contributed by atoms with E-state index in [0.29, 0.717) is 29.5 Å². The number of aromatic nitrogens is 4. The molecule has 0 atom stereocenters. The van der Waals surface area contributed by atoms with Crippen LogP contribution in [0.4, 0.5) is 5.95 Å². The van der Waals surface area contributed by atoms with Gasteiger partial charge in [0.15, 0.2) is 0 Å². The van der Waals surface area contributed by atoms with Crippen molar-refractivity contribution in [2.75, 3.05) is 19.0 Å². The summed E-state index contributed by atoms with van der Waals surface area (Å²) in [5.74, 6) is 1.03. The number of nitrogens with zero attached hydrogens (tertiary/aromatic N) is 4. The fourth-order valence-corrected chi connectivity index (χ4v) is 2.51. The molecule has 1 aromatic carbocycles. The van der Waals surface area contributed by atoms with Gasteiger partial charge >= 0.3 is 0 Å². The van der Waals surface area contributed by atoms with Crippen LogP contribution in [0, 0.1) is 11.3 Å². The highest BCUT2D eigenvalue weighted by molar-refractivity contribution is 5.67. The highest BCUT2D eigenvalue weighted by Crippen LogP contribution is 2.22. The van der Waals surface area contributed by atoms with Gasteiger partial charge in [0.05, 0.1) is 19.1 Å². The first-order chi connectivity index (χ1) is 12.7. The molecule has 0 unspecified atom stereocenters. The van der Waals surface area contributed by atoms with Gasteiger partial charge in [-0.05, 0) is 30.7 Å². The third-order valence-electron chi connectivity index (χ3n) is 3.84. The molecule has 0 saturated carbocycles. The van der Waals surface area contributed by atoms with Crippen molar-refractivity contribution in [3.05, 3.63) is 58.9 Å². The summed E-state index contributed by atoms with van der Waals surface area (Å²) in [5.41, 5.74) is 0.537. The molecule has 0 radical (unpaired) electrons. The first-order valence-electron chi connectivity index (χ1n) is 8.09. The summed E-state index contributed by atoms with van der Waals surface area (Å²) >= 11 is 0. The Kier molecular flexibility index (Phi) is 5.29. The summed E-state index contributed by atoms with van der Waals surface area (Å²) in [6, 6.07) is 8.99. The Morgan fingerprint density at radius 3 is 2.81 bits per heavy atom. The van der Waals surface area contributed by atoms with Crippen LogP contribution in [-0.4, -0.2) is 33.2 Å². The van der Waals surface area contributed by atoms with Gasteiger partial charge < -0.3 is 14.6 Å². The minimum Gasteiger partial charge on any atom is -0.497 e. The molecular formula is C18H18N6O2. The molecule has 0 bridgehead atoms. The predicted octanol–water partition coefficient (Wildman–Crippen LogP) is 2.02. The van der Waals surface area contributed by atoms with Crippen LogP contribution < -0.4 is 15.6 Å². The highest BCUT2D eigenvalue weighted by atomic mass is 16.5. The number of anilines is 1. The van der Waals surface area contributed by atoms with Gasteiger partial charge in [0.2, 0.25) is 5.95 Å². The molecule has 0 aliphatic carbocycles. The lowest BCUT2D eigenvalue weighted by atomic mass is 10.1. The molecule has 0 saturated heterocycles. The Labute approximate surface area is 150 Å². The largest absolute Gasteiger partial charge is 0.497 e. The van der Waals surface area contributed by atoms with Gasteiger partial charge in [0, 0.05) is 31.0 Å². The second-order valence-corrected chi connectivity index (χ2v) is 5.56. The lowest BCUT2D eigenvalue weighted by Crippen LogP contribution is -2.18. The number of nitriles is 1.